The molecule has 3 rings (SSSR count). The Morgan fingerprint density at radius 1 is 1.17 bits per heavy atom. The van der Waals surface area contributed by atoms with Gasteiger partial charge in [0.05, 0.1) is 36.8 Å². The van der Waals surface area contributed by atoms with Gasteiger partial charge in [-0.3, -0.25) is 10.1 Å². The second kappa shape index (κ2) is 8.95. The van der Waals surface area contributed by atoms with Crippen LogP contribution in [-0.2, 0) is 0 Å². The summed E-state index contributed by atoms with van der Waals surface area (Å²) in [6.07, 6.45) is 1.58. The molecule has 0 N–H and O–H groups in total. The van der Waals surface area contributed by atoms with Gasteiger partial charge in [0.25, 0.3) is 5.69 Å². The van der Waals surface area contributed by atoms with Crippen molar-refractivity contribution in [3.05, 3.63) is 69.5 Å². The molecule has 0 aliphatic rings. The van der Waals surface area contributed by atoms with Crippen LogP contribution in [0.4, 0.5) is 5.69 Å². The fourth-order valence-electron chi connectivity index (χ4n) is 2.85. The molecule has 0 amide bonds. The minimum absolute atomic E-state index is 0.0573. The topological polar surface area (TPSA) is 117 Å². The molecule has 3 aromatic rings. The number of nitrogens with zero attached hydrogens (tertiary/aromatic N) is 6. The maximum Gasteiger partial charge on any atom is 0.294 e. The third kappa shape index (κ3) is 4.17. The van der Waals surface area contributed by atoms with E-state index in [2.05, 4.69) is 20.5 Å². The van der Waals surface area contributed by atoms with Crippen LogP contribution in [0.25, 0.3) is 5.69 Å². The van der Waals surface area contributed by atoms with Gasteiger partial charge in [0, 0.05) is 6.07 Å². The average Bonchev–Trinajstić information content (AvgIpc) is 3.14. The summed E-state index contributed by atoms with van der Waals surface area (Å²) in [7, 11) is 3.13. The summed E-state index contributed by atoms with van der Waals surface area (Å²) in [6, 6.07) is 11.7. The molecule has 0 aliphatic carbocycles. The van der Waals surface area contributed by atoms with Gasteiger partial charge in [-0.1, -0.05) is 17.3 Å². The third-order valence-electron chi connectivity index (χ3n) is 4.37. The highest BCUT2D eigenvalue weighted by molar-refractivity contribution is 5.98. The van der Waals surface area contributed by atoms with E-state index in [9.17, 15) is 10.1 Å². The first kappa shape index (κ1) is 20.6. The minimum Gasteiger partial charge on any atom is -0.493 e. The van der Waals surface area contributed by atoms with Crippen molar-refractivity contribution in [3.63, 3.8) is 0 Å². The second-order valence-corrected chi connectivity index (χ2v) is 6.23. The molecule has 0 saturated carbocycles. The third-order valence-corrected chi connectivity index (χ3v) is 4.37. The van der Waals surface area contributed by atoms with Crippen LogP contribution in [0.15, 0.2) is 52.7 Å². The molecule has 0 atom stereocenters. The zero-order chi connectivity index (χ0) is 21.7. The molecule has 0 unspecified atom stereocenters. The van der Waals surface area contributed by atoms with Crippen molar-refractivity contribution in [2.75, 3.05) is 14.2 Å². The van der Waals surface area contributed by atoms with Crippen LogP contribution in [-0.4, -0.2) is 46.1 Å². The molecule has 0 saturated heterocycles. The van der Waals surface area contributed by atoms with Crippen LogP contribution in [0.2, 0.25) is 0 Å². The Hall–Kier alpha value is -4.08. The summed E-state index contributed by atoms with van der Waals surface area (Å²) in [5.41, 5.74) is 2.70. The van der Waals surface area contributed by atoms with Crippen LogP contribution >= 0.6 is 0 Å². The van der Waals surface area contributed by atoms with Gasteiger partial charge in [-0.25, -0.2) is 4.68 Å². The van der Waals surface area contributed by atoms with Gasteiger partial charge in [-0.15, -0.1) is 5.10 Å². The maximum absolute atomic E-state index is 11.3. The molecular weight excluding hydrogens is 388 g/mol. The number of hydrogen-bond acceptors (Lipinski definition) is 8. The van der Waals surface area contributed by atoms with Gasteiger partial charge in [0.1, 0.15) is 11.4 Å². The molecule has 10 heteroatoms. The summed E-state index contributed by atoms with van der Waals surface area (Å²) in [6.45, 7) is 3.51. The van der Waals surface area contributed by atoms with Crippen molar-refractivity contribution in [2.45, 2.75) is 13.8 Å². The number of para-hydroxylation sites is 2. The highest BCUT2D eigenvalue weighted by Gasteiger charge is 2.19. The van der Waals surface area contributed by atoms with E-state index in [1.807, 2.05) is 6.07 Å². The molecule has 0 radical (unpaired) electrons. The summed E-state index contributed by atoms with van der Waals surface area (Å²) >= 11 is 0. The van der Waals surface area contributed by atoms with Crippen molar-refractivity contribution in [2.24, 2.45) is 10.2 Å². The fraction of sp³-hybridized carbons (Fsp3) is 0.200. The molecule has 0 aliphatic heterocycles. The van der Waals surface area contributed by atoms with Gasteiger partial charge >= 0.3 is 0 Å². The van der Waals surface area contributed by atoms with E-state index < -0.39 is 4.92 Å². The summed E-state index contributed by atoms with van der Waals surface area (Å²) in [5, 5.41) is 27.7. The summed E-state index contributed by atoms with van der Waals surface area (Å²) in [4.78, 5) is 10.8. The van der Waals surface area contributed by atoms with E-state index in [1.165, 1.54) is 10.7 Å². The zero-order valence-electron chi connectivity index (χ0n) is 16.9. The highest BCUT2D eigenvalue weighted by atomic mass is 16.6. The molecule has 0 fully saturated rings. The lowest BCUT2D eigenvalue weighted by molar-refractivity contribution is -0.384. The monoisotopic (exact) mass is 408 g/mol. The lowest BCUT2D eigenvalue weighted by Gasteiger charge is -2.07. The molecule has 0 spiro atoms. The molecule has 30 heavy (non-hydrogen) atoms. The van der Waals surface area contributed by atoms with Gasteiger partial charge < -0.3 is 9.47 Å². The lowest BCUT2D eigenvalue weighted by Crippen LogP contribution is -2.04. The average molecular weight is 408 g/mol. The number of rotatable bonds is 7. The maximum atomic E-state index is 11.3. The second-order valence-electron chi connectivity index (χ2n) is 6.23. The van der Waals surface area contributed by atoms with Gasteiger partial charge in [0.15, 0.2) is 11.5 Å². The van der Waals surface area contributed by atoms with Gasteiger partial charge in [-0.2, -0.15) is 10.2 Å². The molecule has 10 nitrogen and oxygen atoms in total. The number of ether oxygens (including phenoxy) is 2. The number of nitro benzene ring substituents is 1. The van der Waals surface area contributed by atoms with Crippen LogP contribution in [0.5, 0.6) is 11.5 Å². The number of nitro groups is 1. The van der Waals surface area contributed by atoms with Crippen molar-refractivity contribution >= 4 is 17.6 Å². The Labute approximate surface area is 172 Å². The zero-order valence-corrected chi connectivity index (χ0v) is 16.9. The normalized spacial score (nSPS) is 11.7. The predicted molar refractivity (Wildman–Crippen MR) is 112 cm³/mol. The van der Waals surface area contributed by atoms with Crippen molar-refractivity contribution in [1.82, 2.24) is 15.0 Å². The Morgan fingerprint density at radius 3 is 2.60 bits per heavy atom. The Bertz CT molecular complexity index is 1140. The van der Waals surface area contributed by atoms with E-state index in [4.69, 9.17) is 9.47 Å². The quantitative estimate of drug-likeness (QED) is 0.336. The molecule has 1 aromatic heterocycles. The first-order valence-corrected chi connectivity index (χ1v) is 8.92. The number of aromatic nitrogens is 3. The number of benzene rings is 2. The smallest absolute Gasteiger partial charge is 0.294 e. The van der Waals surface area contributed by atoms with Gasteiger partial charge in [0.2, 0.25) is 0 Å². The Balaban J connectivity index is 1.87. The predicted octanol–water partition coefficient (Wildman–Crippen LogP) is 3.34. The van der Waals surface area contributed by atoms with Crippen molar-refractivity contribution < 1.29 is 14.4 Å². The van der Waals surface area contributed by atoms with E-state index >= 15 is 0 Å². The van der Waals surface area contributed by atoms with E-state index in [1.54, 1.807) is 64.6 Å². The van der Waals surface area contributed by atoms with Crippen LogP contribution in [0.3, 0.4) is 0 Å². The Kier molecular flexibility index (Phi) is 6.16. The standard InChI is InChI=1S/C20H20N6O4/c1-13(22-21-12-15-9-10-18(29-3)19(11-15)30-4)20-14(2)25(24-23-20)16-7-5-6-8-17(16)26(27)28/h5-12H,1-4H3/b21-12+,22-13-. The van der Waals surface area contributed by atoms with Crippen LogP contribution in [0.1, 0.15) is 23.9 Å². The number of hydrogen-bond donors (Lipinski definition) is 0. The first-order chi connectivity index (χ1) is 14.5. The molecule has 0 bridgehead atoms. The number of methoxy groups -OCH3 is 2. The highest BCUT2D eigenvalue weighted by Crippen LogP contribution is 2.27. The van der Waals surface area contributed by atoms with Gasteiger partial charge in [-0.05, 0) is 43.7 Å². The minimum atomic E-state index is -0.454. The largest absolute Gasteiger partial charge is 0.493 e. The molecule has 154 valence electrons. The Morgan fingerprint density at radius 2 is 1.90 bits per heavy atom. The SMILES string of the molecule is COc1ccc(/C=N/N=C(/C)c2nnn(-c3ccccc3[N+](=O)[O-])c2C)cc1OC. The summed E-state index contributed by atoms with van der Waals surface area (Å²) in [5.74, 6) is 1.21. The molecule has 2 aromatic carbocycles. The summed E-state index contributed by atoms with van der Waals surface area (Å²) < 4.78 is 11.9. The van der Waals surface area contributed by atoms with E-state index in [0.29, 0.717) is 34.3 Å². The fourth-order valence-corrected chi connectivity index (χ4v) is 2.85. The van der Waals surface area contributed by atoms with Crippen molar-refractivity contribution in [3.8, 4) is 17.2 Å². The lowest BCUT2D eigenvalue weighted by atomic mass is 10.2. The first-order valence-electron chi connectivity index (χ1n) is 8.92. The van der Waals surface area contributed by atoms with Crippen molar-refractivity contribution in [1.29, 1.82) is 0 Å². The van der Waals surface area contributed by atoms with Crippen LogP contribution < -0.4 is 9.47 Å². The van der Waals surface area contributed by atoms with E-state index in [0.717, 1.165) is 5.56 Å². The molecule has 1 heterocycles. The molecular formula is C20H20N6O4. The van der Waals surface area contributed by atoms with Crippen LogP contribution in [0, 0.1) is 17.0 Å². The van der Waals surface area contributed by atoms with E-state index in [-0.39, 0.29) is 5.69 Å².